The summed E-state index contributed by atoms with van der Waals surface area (Å²) in [5.74, 6) is -0.272. The van der Waals surface area contributed by atoms with Crippen LogP contribution in [0.4, 0.5) is 0 Å². The number of amides is 1. The first-order valence-electron chi connectivity index (χ1n) is 39.2. The fourth-order valence-electron chi connectivity index (χ4n) is 13.3. The Bertz CT molecular complexity index is 1880. The maximum absolute atomic E-state index is 13.5. The predicted octanol–water partition coefficient (Wildman–Crippen LogP) is 12.3. The molecule has 3 fully saturated rings. The number of aliphatic hydroxyl groups is 11. The Morgan fingerprint density at radius 2 is 0.688 bits per heavy atom. The minimum absolute atomic E-state index is 0.244. The fraction of sp³-hybridized carbons (Fsp3) is 0.909. The van der Waals surface area contributed by atoms with Gasteiger partial charge in [0.05, 0.1) is 38.6 Å². The molecule has 0 saturated carbocycles. The van der Waals surface area contributed by atoms with E-state index in [1.54, 1.807) is 6.08 Å². The molecule has 3 saturated heterocycles. The van der Waals surface area contributed by atoms with Crippen molar-refractivity contribution >= 4 is 5.91 Å². The van der Waals surface area contributed by atoms with Crippen molar-refractivity contribution in [2.75, 3.05) is 26.4 Å². The minimum atomic E-state index is -1.98. The molecular formula is C77H143NO18. The molecule has 19 heteroatoms. The Morgan fingerprint density at radius 3 is 1.06 bits per heavy atom. The van der Waals surface area contributed by atoms with E-state index >= 15 is 0 Å². The van der Waals surface area contributed by atoms with Crippen LogP contribution in [-0.2, 0) is 33.2 Å². The third-order valence-corrected chi connectivity index (χ3v) is 19.7. The van der Waals surface area contributed by atoms with Gasteiger partial charge in [0.2, 0.25) is 5.91 Å². The smallest absolute Gasteiger partial charge is 0.220 e. The summed E-state index contributed by atoms with van der Waals surface area (Å²) in [4.78, 5) is 13.5. The molecule has 0 bridgehead atoms. The lowest BCUT2D eigenvalue weighted by Crippen LogP contribution is -2.66. The largest absolute Gasteiger partial charge is 0.394 e. The first-order valence-corrected chi connectivity index (χ1v) is 39.2. The number of aliphatic hydroxyl groups excluding tert-OH is 11. The van der Waals surface area contributed by atoms with Crippen LogP contribution in [0.25, 0.3) is 0 Å². The Hall–Kier alpha value is -1.99. The van der Waals surface area contributed by atoms with Gasteiger partial charge in [0.15, 0.2) is 18.9 Å². The molecule has 3 aliphatic rings. The number of rotatable bonds is 62. The molecule has 96 heavy (non-hydrogen) atoms. The van der Waals surface area contributed by atoms with Crippen molar-refractivity contribution in [1.29, 1.82) is 0 Å². The summed E-state index contributed by atoms with van der Waals surface area (Å²) >= 11 is 0. The zero-order valence-electron chi connectivity index (χ0n) is 60.1. The van der Waals surface area contributed by atoms with Crippen molar-refractivity contribution in [3.05, 3.63) is 36.5 Å². The van der Waals surface area contributed by atoms with Crippen LogP contribution >= 0.6 is 0 Å². The number of allylic oxidation sites excluding steroid dienone is 5. The quantitative estimate of drug-likeness (QED) is 0.0199. The highest BCUT2D eigenvalue weighted by Crippen LogP contribution is 2.33. The summed E-state index contributed by atoms with van der Waals surface area (Å²) in [6.07, 6.45) is 44.0. The van der Waals surface area contributed by atoms with Gasteiger partial charge in [-0.3, -0.25) is 4.79 Å². The van der Waals surface area contributed by atoms with Crippen LogP contribution in [0.15, 0.2) is 36.5 Å². The van der Waals surface area contributed by atoms with Gasteiger partial charge in [0, 0.05) is 6.42 Å². The van der Waals surface area contributed by atoms with Crippen LogP contribution in [0.5, 0.6) is 0 Å². The summed E-state index contributed by atoms with van der Waals surface area (Å²) in [6.45, 7) is 1.77. The van der Waals surface area contributed by atoms with Gasteiger partial charge >= 0.3 is 0 Å². The number of ether oxygens (including phenoxy) is 6. The third-order valence-electron chi connectivity index (χ3n) is 19.7. The molecule has 3 heterocycles. The van der Waals surface area contributed by atoms with Crippen molar-refractivity contribution in [2.24, 2.45) is 0 Å². The van der Waals surface area contributed by atoms with Crippen molar-refractivity contribution in [2.45, 2.75) is 420 Å². The van der Waals surface area contributed by atoms with Gasteiger partial charge in [0.25, 0.3) is 0 Å². The summed E-state index contributed by atoms with van der Waals surface area (Å²) in [7, 11) is 0. The first kappa shape index (κ1) is 88.2. The lowest BCUT2D eigenvalue weighted by atomic mass is 9.96. The molecule has 564 valence electrons. The van der Waals surface area contributed by atoms with Gasteiger partial charge in [-0.1, -0.05) is 294 Å². The van der Waals surface area contributed by atoms with Crippen molar-refractivity contribution in [3.8, 4) is 0 Å². The second kappa shape index (κ2) is 58.5. The monoisotopic (exact) mass is 1370 g/mol. The zero-order chi connectivity index (χ0) is 69.6. The molecule has 0 aromatic carbocycles. The highest BCUT2D eigenvalue weighted by atomic mass is 16.8. The normalized spacial score (nSPS) is 27.2. The van der Waals surface area contributed by atoms with E-state index in [1.165, 1.54) is 238 Å². The molecule has 0 aliphatic carbocycles. The lowest BCUT2D eigenvalue weighted by molar-refractivity contribution is -0.379. The standard InChI is InChI=1S/C77H143NO18/c1-3-5-7-9-11-13-15-17-19-21-23-25-27-29-31-32-34-36-38-40-42-44-46-48-50-52-54-61(82)60(78-65(83)55-53-51-49-47-45-43-41-39-37-35-33-30-28-26-24-22-20-18-16-14-12-10-8-6-4-2)59-91-75-71(89)68(86)73(63(57-80)93-75)96-77-72(90)69(87)74(64(58-81)94-77)95-76-70(88)67(85)66(84)62(56-79)92-76/h16,18,22,24,52,54,60-64,66-77,79-82,84-90H,3-15,17,19-21,23,25-51,53,55-59H2,1-2H3,(H,78,83)/b18-16-,24-22-,54-52+. The summed E-state index contributed by atoms with van der Waals surface area (Å²) < 4.78 is 34.4. The second-order valence-electron chi connectivity index (χ2n) is 28.2. The summed E-state index contributed by atoms with van der Waals surface area (Å²) in [5, 5.41) is 121. The van der Waals surface area contributed by atoms with Gasteiger partial charge in [-0.25, -0.2) is 0 Å². The average molecular weight is 1370 g/mol. The second-order valence-corrected chi connectivity index (χ2v) is 28.2. The Labute approximate surface area is 581 Å². The molecule has 0 aromatic heterocycles. The van der Waals surface area contributed by atoms with Crippen LogP contribution in [0.3, 0.4) is 0 Å². The van der Waals surface area contributed by atoms with E-state index < -0.39 is 124 Å². The molecule has 0 radical (unpaired) electrons. The van der Waals surface area contributed by atoms with E-state index in [9.17, 15) is 61.0 Å². The van der Waals surface area contributed by atoms with Gasteiger partial charge in [0.1, 0.15) is 73.2 Å². The summed E-state index contributed by atoms with van der Waals surface area (Å²) in [5.41, 5.74) is 0. The number of hydrogen-bond donors (Lipinski definition) is 12. The first-order chi connectivity index (χ1) is 46.8. The molecular weight excluding hydrogens is 1230 g/mol. The molecule has 12 N–H and O–H groups in total. The van der Waals surface area contributed by atoms with Gasteiger partial charge in [-0.05, 0) is 51.4 Å². The SMILES string of the molecule is CCCCCCC/C=C\C/C=C\CCCCCCCCCCCCCCCC(=O)NC(COC1OC(CO)C(OC2OC(CO)C(OC3OC(CO)C(O)C(O)C3O)C(O)C2O)C(O)C1O)C(O)/C=C/CCCCCCCCCCCCCCCCCCCCCCCCCC. The van der Waals surface area contributed by atoms with Crippen LogP contribution in [0.2, 0.25) is 0 Å². The van der Waals surface area contributed by atoms with Crippen molar-refractivity contribution in [1.82, 2.24) is 5.32 Å². The molecule has 1 amide bonds. The third kappa shape index (κ3) is 38.9. The topological polar surface area (TPSA) is 307 Å². The summed E-state index contributed by atoms with van der Waals surface area (Å²) in [6, 6.07) is -0.975. The van der Waals surface area contributed by atoms with Gasteiger partial charge < -0.3 is 89.9 Å². The number of carbonyl (C=O) groups is 1. The molecule has 0 aromatic rings. The Balaban J connectivity index is 1.40. The lowest BCUT2D eigenvalue weighted by Gasteiger charge is -2.48. The van der Waals surface area contributed by atoms with E-state index in [0.29, 0.717) is 6.42 Å². The van der Waals surface area contributed by atoms with E-state index in [1.807, 2.05) is 6.08 Å². The Kier molecular flexibility index (Phi) is 53.8. The minimum Gasteiger partial charge on any atom is -0.394 e. The average Bonchev–Trinajstić information content (AvgIpc) is 0.788. The van der Waals surface area contributed by atoms with Crippen LogP contribution in [0.1, 0.15) is 316 Å². The van der Waals surface area contributed by atoms with Crippen molar-refractivity contribution in [3.63, 3.8) is 0 Å². The molecule has 3 aliphatic heterocycles. The molecule has 19 nitrogen and oxygen atoms in total. The fourth-order valence-corrected chi connectivity index (χ4v) is 13.3. The highest BCUT2D eigenvalue weighted by Gasteiger charge is 2.53. The van der Waals surface area contributed by atoms with Crippen LogP contribution < -0.4 is 5.32 Å². The maximum atomic E-state index is 13.5. The van der Waals surface area contributed by atoms with E-state index in [2.05, 4.69) is 43.5 Å². The van der Waals surface area contributed by atoms with Gasteiger partial charge in [-0.2, -0.15) is 0 Å². The number of nitrogens with one attached hydrogen (secondary N) is 1. The van der Waals surface area contributed by atoms with Crippen molar-refractivity contribution < 1.29 is 89.4 Å². The molecule has 3 rings (SSSR count). The molecule has 0 spiro atoms. The zero-order valence-corrected chi connectivity index (χ0v) is 60.1. The van der Waals surface area contributed by atoms with E-state index in [0.717, 1.165) is 51.4 Å². The Morgan fingerprint density at radius 1 is 0.375 bits per heavy atom. The van der Waals surface area contributed by atoms with Gasteiger partial charge in [-0.15, -0.1) is 0 Å². The molecule has 17 atom stereocenters. The predicted molar refractivity (Wildman–Crippen MR) is 379 cm³/mol. The van der Waals surface area contributed by atoms with Crippen LogP contribution in [-0.4, -0.2) is 193 Å². The molecule has 17 unspecified atom stereocenters. The van der Waals surface area contributed by atoms with E-state index in [4.69, 9.17) is 28.4 Å². The number of hydrogen-bond acceptors (Lipinski definition) is 18. The number of carbonyl (C=O) groups excluding carboxylic acids is 1. The number of unbranched alkanes of at least 4 members (excludes halogenated alkanes) is 42. The van der Waals surface area contributed by atoms with E-state index in [-0.39, 0.29) is 18.9 Å². The highest BCUT2D eigenvalue weighted by molar-refractivity contribution is 5.76. The van der Waals surface area contributed by atoms with Crippen LogP contribution in [0, 0.1) is 0 Å². The maximum Gasteiger partial charge on any atom is 0.220 e.